The number of aromatic nitrogens is 3. The number of rotatable bonds is 5. The topological polar surface area (TPSA) is 64.4 Å². The fourth-order valence-corrected chi connectivity index (χ4v) is 2.41. The second-order valence-electron chi connectivity index (χ2n) is 5.03. The molecule has 1 heterocycles. The van der Waals surface area contributed by atoms with E-state index < -0.39 is 0 Å². The lowest BCUT2D eigenvalue weighted by Gasteiger charge is -2.09. The third-order valence-electron chi connectivity index (χ3n) is 3.48. The summed E-state index contributed by atoms with van der Waals surface area (Å²) >= 11 is 5.23. The number of hydrogen-bond donors (Lipinski definition) is 1. The Morgan fingerprint density at radius 1 is 1.12 bits per heavy atom. The molecule has 3 rings (SSSR count). The number of H-pyrrole nitrogens is 1. The highest BCUT2D eigenvalue weighted by Crippen LogP contribution is 2.31. The van der Waals surface area contributed by atoms with Crippen molar-refractivity contribution in [1.82, 2.24) is 14.9 Å². The van der Waals surface area contributed by atoms with Gasteiger partial charge in [0.2, 0.25) is 4.77 Å². The van der Waals surface area contributed by atoms with E-state index in [9.17, 15) is 4.39 Å². The summed E-state index contributed by atoms with van der Waals surface area (Å²) in [6, 6.07) is 11.4. The summed E-state index contributed by atoms with van der Waals surface area (Å²) in [7, 11) is 3.13. The molecule has 1 N–H and O–H groups in total. The molecule has 0 saturated heterocycles. The van der Waals surface area contributed by atoms with Gasteiger partial charge in [-0.05, 0) is 48.1 Å². The molecule has 128 valence electrons. The number of ether oxygens (including phenoxy) is 2. The van der Waals surface area contributed by atoms with Gasteiger partial charge in [-0.1, -0.05) is 12.1 Å². The molecule has 0 spiro atoms. The maximum absolute atomic E-state index is 13.0. The van der Waals surface area contributed by atoms with E-state index in [2.05, 4.69) is 15.3 Å². The van der Waals surface area contributed by atoms with Gasteiger partial charge in [0.25, 0.3) is 0 Å². The largest absolute Gasteiger partial charge is 0.493 e. The summed E-state index contributed by atoms with van der Waals surface area (Å²) in [5.41, 5.74) is 1.49. The van der Waals surface area contributed by atoms with E-state index >= 15 is 0 Å². The molecule has 25 heavy (non-hydrogen) atoms. The standard InChI is InChI=1S/C17H15FN4O2S/c1-23-14-8-5-12(9-15(14)24-2)16-20-21-17(25)22(16)19-10-11-3-6-13(18)7-4-11/h3-10H,1-2H3,(H,21,25)/b19-10-. The van der Waals surface area contributed by atoms with Crippen molar-refractivity contribution in [1.29, 1.82) is 0 Å². The van der Waals surface area contributed by atoms with Crippen LogP contribution < -0.4 is 9.47 Å². The zero-order chi connectivity index (χ0) is 17.8. The van der Waals surface area contributed by atoms with Crippen LogP contribution >= 0.6 is 12.2 Å². The second-order valence-corrected chi connectivity index (χ2v) is 5.42. The molecule has 0 saturated carbocycles. The first-order chi connectivity index (χ1) is 12.1. The summed E-state index contributed by atoms with van der Waals surface area (Å²) in [4.78, 5) is 0. The van der Waals surface area contributed by atoms with E-state index in [1.54, 1.807) is 44.7 Å². The Morgan fingerprint density at radius 2 is 1.84 bits per heavy atom. The second kappa shape index (κ2) is 7.27. The number of hydrogen-bond acceptors (Lipinski definition) is 5. The summed E-state index contributed by atoms with van der Waals surface area (Å²) < 4.78 is 25.4. The highest BCUT2D eigenvalue weighted by Gasteiger charge is 2.12. The van der Waals surface area contributed by atoms with Crippen molar-refractivity contribution in [3.05, 3.63) is 58.6 Å². The Bertz CT molecular complexity index is 964. The van der Waals surface area contributed by atoms with Gasteiger partial charge in [-0.3, -0.25) is 0 Å². The number of aromatic amines is 1. The normalized spacial score (nSPS) is 11.0. The van der Waals surface area contributed by atoms with Crippen molar-refractivity contribution in [3.63, 3.8) is 0 Å². The van der Waals surface area contributed by atoms with E-state index in [0.717, 1.165) is 11.1 Å². The summed E-state index contributed by atoms with van der Waals surface area (Å²) in [6.07, 6.45) is 1.58. The zero-order valence-electron chi connectivity index (χ0n) is 13.6. The molecule has 1 aromatic heterocycles. The molecule has 6 nitrogen and oxygen atoms in total. The highest BCUT2D eigenvalue weighted by atomic mass is 32.1. The molecule has 0 unspecified atom stereocenters. The molecule has 0 bridgehead atoms. The molecule has 0 atom stereocenters. The summed E-state index contributed by atoms with van der Waals surface area (Å²) in [5, 5.41) is 11.3. The Kier molecular flexibility index (Phi) is 4.90. The minimum Gasteiger partial charge on any atom is -0.493 e. The van der Waals surface area contributed by atoms with Gasteiger partial charge in [-0.15, -0.1) is 0 Å². The molecule has 0 amide bonds. The van der Waals surface area contributed by atoms with Crippen molar-refractivity contribution in [3.8, 4) is 22.9 Å². The molecule has 0 aliphatic rings. The van der Waals surface area contributed by atoms with Crippen LogP contribution in [0.2, 0.25) is 0 Å². The monoisotopic (exact) mass is 358 g/mol. The molecular formula is C17H15FN4O2S. The first kappa shape index (κ1) is 16.8. The Morgan fingerprint density at radius 3 is 2.52 bits per heavy atom. The predicted octanol–water partition coefficient (Wildman–Crippen LogP) is 3.65. The first-order valence-corrected chi connectivity index (χ1v) is 7.73. The van der Waals surface area contributed by atoms with Crippen LogP contribution in [0, 0.1) is 10.6 Å². The first-order valence-electron chi connectivity index (χ1n) is 7.32. The van der Waals surface area contributed by atoms with Crippen LogP contribution in [0.5, 0.6) is 11.5 Å². The lowest BCUT2D eigenvalue weighted by Crippen LogP contribution is -1.96. The Labute approximate surface area is 148 Å². The number of methoxy groups -OCH3 is 2. The lowest BCUT2D eigenvalue weighted by molar-refractivity contribution is 0.355. The molecule has 0 fully saturated rings. The Hall–Kier alpha value is -3.00. The predicted molar refractivity (Wildman–Crippen MR) is 95.3 cm³/mol. The van der Waals surface area contributed by atoms with E-state index in [1.807, 2.05) is 6.07 Å². The number of nitrogens with one attached hydrogen (secondary N) is 1. The van der Waals surface area contributed by atoms with Crippen molar-refractivity contribution < 1.29 is 13.9 Å². The zero-order valence-corrected chi connectivity index (χ0v) is 14.4. The van der Waals surface area contributed by atoms with Gasteiger partial charge in [0.05, 0.1) is 20.4 Å². The van der Waals surface area contributed by atoms with Crippen LogP contribution in [0.15, 0.2) is 47.6 Å². The van der Waals surface area contributed by atoms with Gasteiger partial charge in [-0.2, -0.15) is 14.9 Å². The molecule has 0 aliphatic heterocycles. The molecule has 8 heteroatoms. The number of nitrogens with zero attached hydrogens (tertiary/aromatic N) is 3. The van der Waals surface area contributed by atoms with Crippen molar-refractivity contribution >= 4 is 18.4 Å². The summed E-state index contributed by atoms with van der Waals surface area (Å²) in [6.45, 7) is 0. The average molecular weight is 358 g/mol. The summed E-state index contributed by atoms with van der Waals surface area (Å²) in [5.74, 6) is 1.40. The van der Waals surface area contributed by atoms with Crippen LogP contribution in [0.1, 0.15) is 5.56 Å². The fraction of sp³-hybridized carbons (Fsp3) is 0.118. The minimum absolute atomic E-state index is 0.303. The Balaban J connectivity index is 1.99. The van der Waals surface area contributed by atoms with Gasteiger partial charge in [0, 0.05) is 5.56 Å². The molecular weight excluding hydrogens is 343 g/mol. The third-order valence-corrected chi connectivity index (χ3v) is 3.75. The number of halogens is 1. The quantitative estimate of drug-likeness (QED) is 0.559. The smallest absolute Gasteiger partial charge is 0.216 e. The fourth-order valence-electron chi connectivity index (χ4n) is 2.23. The molecule has 0 aliphatic carbocycles. The van der Waals surface area contributed by atoms with E-state index in [0.29, 0.717) is 22.1 Å². The highest BCUT2D eigenvalue weighted by molar-refractivity contribution is 7.71. The van der Waals surface area contributed by atoms with Gasteiger partial charge < -0.3 is 9.47 Å². The van der Waals surface area contributed by atoms with Crippen molar-refractivity contribution in [2.45, 2.75) is 0 Å². The van der Waals surface area contributed by atoms with E-state index in [1.165, 1.54) is 16.8 Å². The van der Waals surface area contributed by atoms with Gasteiger partial charge in [0.1, 0.15) is 5.82 Å². The third kappa shape index (κ3) is 3.58. The van der Waals surface area contributed by atoms with Crippen LogP contribution in [0.4, 0.5) is 4.39 Å². The number of benzene rings is 2. The molecule has 0 radical (unpaired) electrons. The maximum Gasteiger partial charge on any atom is 0.216 e. The van der Waals surface area contributed by atoms with E-state index in [-0.39, 0.29) is 5.82 Å². The van der Waals surface area contributed by atoms with Crippen LogP contribution in [-0.4, -0.2) is 35.3 Å². The van der Waals surface area contributed by atoms with Gasteiger partial charge >= 0.3 is 0 Å². The lowest BCUT2D eigenvalue weighted by atomic mass is 10.2. The molecule has 3 aromatic rings. The average Bonchev–Trinajstić information content (AvgIpc) is 3.01. The molecule has 2 aromatic carbocycles. The minimum atomic E-state index is -0.303. The SMILES string of the molecule is COc1ccc(-c2n[nH]c(=S)n2/N=C\c2ccc(F)cc2)cc1OC. The van der Waals surface area contributed by atoms with E-state index in [4.69, 9.17) is 21.7 Å². The van der Waals surface area contributed by atoms with Crippen LogP contribution in [-0.2, 0) is 0 Å². The van der Waals surface area contributed by atoms with Crippen LogP contribution in [0.25, 0.3) is 11.4 Å². The van der Waals surface area contributed by atoms with Crippen molar-refractivity contribution in [2.24, 2.45) is 5.10 Å². The van der Waals surface area contributed by atoms with Gasteiger partial charge in [-0.25, -0.2) is 9.49 Å². The van der Waals surface area contributed by atoms with Crippen molar-refractivity contribution in [2.75, 3.05) is 14.2 Å². The maximum atomic E-state index is 13.0. The van der Waals surface area contributed by atoms with Crippen LogP contribution in [0.3, 0.4) is 0 Å². The van der Waals surface area contributed by atoms with Gasteiger partial charge in [0.15, 0.2) is 17.3 Å².